The van der Waals surface area contributed by atoms with E-state index in [1.807, 2.05) is 31.2 Å². The zero-order chi connectivity index (χ0) is 13.7. The van der Waals surface area contributed by atoms with Gasteiger partial charge in [-0.2, -0.15) is 0 Å². The maximum absolute atomic E-state index is 10.2. The lowest BCUT2D eigenvalue weighted by molar-refractivity contribution is -0.148. The van der Waals surface area contributed by atoms with Gasteiger partial charge in [0.2, 0.25) is 6.41 Å². The highest BCUT2D eigenvalue weighted by Crippen LogP contribution is 2.25. The Morgan fingerprint density at radius 2 is 1.83 bits per heavy atom. The summed E-state index contributed by atoms with van der Waals surface area (Å²) in [6.45, 7) is 2.51. The highest BCUT2D eigenvalue weighted by molar-refractivity contribution is 14.1. The largest absolute Gasteiger partial charge is 0.388 e. The summed E-state index contributed by atoms with van der Waals surface area (Å²) in [5.74, 6) is 0.169. The van der Waals surface area contributed by atoms with Crippen LogP contribution in [-0.2, 0) is 0 Å². The highest BCUT2D eigenvalue weighted by Gasteiger charge is 2.17. The minimum absolute atomic E-state index is 0.169. The van der Waals surface area contributed by atoms with Crippen molar-refractivity contribution < 1.29 is 15.3 Å². The van der Waals surface area contributed by atoms with E-state index in [1.165, 1.54) is 4.90 Å². The standard InChI is InChI=1S/C13H20INO3/c1-9(8-15(2)13(17)18)7-12(16)10-5-3-4-6-11(10)14/h3-6,9,12-13,16-18H,7-8H2,1-2H3/t9?,12-/m1/s1. The van der Waals surface area contributed by atoms with E-state index < -0.39 is 12.5 Å². The van der Waals surface area contributed by atoms with Gasteiger partial charge >= 0.3 is 0 Å². The summed E-state index contributed by atoms with van der Waals surface area (Å²) in [5.41, 5.74) is 0.928. The molecule has 0 heterocycles. The van der Waals surface area contributed by atoms with Gasteiger partial charge in [-0.15, -0.1) is 0 Å². The second-order valence-corrected chi connectivity index (χ2v) is 5.83. The monoisotopic (exact) mass is 365 g/mol. The average molecular weight is 365 g/mol. The van der Waals surface area contributed by atoms with Crippen LogP contribution in [0.25, 0.3) is 0 Å². The molecule has 0 spiro atoms. The van der Waals surface area contributed by atoms with Crippen molar-refractivity contribution in [1.29, 1.82) is 0 Å². The van der Waals surface area contributed by atoms with E-state index in [1.54, 1.807) is 7.05 Å². The number of hydrogen-bond acceptors (Lipinski definition) is 4. The minimum atomic E-state index is -1.44. The summed E-state index contributed by atoms with van der Waals surface area (Å²) >= 11 is 2.21. The lowest BCUT2D eigenvalue weighted by atomic mass is 9.98. The number of benzene rings is 1. The third-order valence-corrected chi connectivity index (χ3v) is 3.87. The molecule has 0 aliphatic heterocycles. The van der Waals surface area contributed by atoms with Crippen LogP contribution >= 0.6 is 22.6 Å². The van der Waals surface area contributed by atoms with Crippen molar-refractivity contribution in [3.8, 4) is 0 Å². The molecular formula is C13H20INO3. The van der Waals surface area contributed by atoms with Gasteiger partial charge in [-0.05, 0) is 53.6 Å². The molecule has 18 heavy (non-hydrogen) atoms. The maximum atomic E-state index is 10.2. The smallest absolute Gasteiger partial charge is 0.213 e. The van der Waals surface area contributed by atoms with E-state index in [0.717, 1.165) is 9.13 Å². The Morgan fingerprint density at radius 1 is 1.22 bits per heavy atom. The van der Waals surface area contributed by atoms with Gasteiger partial charge in [0, 0.05) is 10.1 Å². The Kier molecular flexibility index (Phi) is 6.51. The molecule has 0 saturated heterocycles. The zero-order valence-electron chi connectivity index (χ0n) is 10.6. The van der Waals surface area contributed by atoms with E-state index in [-0.39, 0.29) is 5.92 Å². The summed E-state index contributed by atoms with van der Waals surface area (Å²) in [6, 6.07) is 7.74. The molecule has 1 rings (SSSR count). The SMILES string of the molecule is CC(C[C@@H](O)c1ccccc1I)CN(C)C(O)O. The predicted molar refractivity (Wildman–Crippen MR) is 78.8 cm³/mol. The van der Waals surface area contributed by atoms with Crippen LogP contribution in [0, 0.1) is 9.49 Å². The third-order valence-electron chi connectivity index (χ3n) is 2.88. The fourth-order valence-electron chi connectivity index (χ4n) is 1.91. The average Bonchev–Trinajstić information content (AvgIpc) is 2.28. The first kappa shape index (κ1) is 15.8. The highest BCUT2D eigenvalue weighted by atomic mass is 127. The Hall–Kier alpha value is -0.210. The number of aliphatic hydroxyl groups is 3. The van der Waals surface area contributed by atoms with E-state index in [4.69, 9.17) is 10.2 Å². The summed E-state index contributed by atoms with van der Waals surface area (Å²) < 4.78 is 1.05. The van der Waals surface area contributed by atoms with Gasteiger partial charge in [-0.25, -0.2) is 0 Å². The zero-order valence-corrected chi connectivity index (χ0v) is 12.8. The molecule has 1 unspecified atom stereocenters. The van der Waals surface area contributed by atoms with Gasteiger partial charge in [0.25, 0.3) is 0 Å². The summed E-state index contributed by atoms with van der Waals surface area (Å²) in [4.78, 5) is 1.44. The summed E-state index contributed by atoms with van der Waals surface area (Å²) in [7, 11) is 1.64. The molecule has 0 bridgehead atoms. The first-order chi connectivity index (χ1) is 8.41. The molecule has 0 aromatic heterocycles. The number of halogens is 1. The Balaban J connectivity index is 2.55. The number of hydrogen-bond donors (Lipinski definition) is 3. The van der Waals surface area contributed by atoms with Crippen LogP contribution in [-0.4, -0.2) is 40.2 Å². The van der Waals surface area contributed by atoms with Gasteiger partial charge in [0.1, 0.15) is 0 Å². The van der Waals surface area contributed by atoms with E-state index in [0.29, 0.717) is 13.0 Å². The molecule has 0 aliphatic rings. The van der Waals surface area contributed by atoms with Gasteiger partial charge in [0.15, 0.2) is 0 Å². The maximum Gasteiger partial charge on any atom is 0.213 e. The van der Waals surface area contributed by atoms with Crippen molar-refractivity contribution in [2.24, 2.45) is 5.92 Å². The molecule has 0 saturated carbocycles. The van der Waals surface area contributed by atoms with Crippen LogP contribution in [0.4, 0.5) is 0 Å². The molecule has 1 aromatic rings. The molecule has 0 aliphatic carbocycles. The predicted octanol–water partition coefficient (Wildman–Crippen LogP) is 1.55. The molecule has 4 nitrogen and oxygen atoms in total. The van der Waals surface area contributed by atoms with Gasteiger partial charge in [0.05, 0.1) is 6.10 Å². The van der Waals surface area contributed by atoms with Crippen LogP contribution < -0.4 is 0 Å². The fourth-order valence-corrected chi connectivity index (χ4v) is 2.66. The lowest BCUT2D eigenvalue weighted by Crippen LogP contribution is -2.34. The van der Waals surface area contributed by atoms with E-state index >= 15 is 0 Å². The Labute approximate surface area is 121 Å². The first-order valence-electron chi connectivity index (χ1n) is 5.90. The summed E-state index contributed by atoms with van der Waals surface area (Å²) in [5, 5.41) is 28.1. The van der Waals surface area contributed by atoms with Crippen molar-refractivity contribution in [3.05, 3.63) is 33.4 Å². The van der Waals surface area contributed by atoms with Crippen LogP contribution in [0.1, 0.15) is 25.0 Å². The Bertz CT molecular complexity index is 373. The molecule has 3 N–H and O–H groups in total. The second kappa shape index (κ2) is 7.40. The molecule has 102 valence electrons. The van der Waals surface area contributed by atoms with Crippen molar-refractivity contribution in [2.75, 3.05) is 13.6 Å². The quantitative estimate of drug-likeness (QED) is 0.529. The lowest BCUT2D eigenvalue weighted by Gasteiger charge is -2.24. The van der Waals surface area contributed by atoms with E-state index in [9.17, 15) is 5.11 Å². The van der Waals surface area contributed by atoms with Gasteiger partial charge < -0.3 is 15.3 Å². The van der Waals surface area contributed by atoms with E-state index in [2.05, 4.69) is 22.6 Å². The molecule has 0 fully saturated rings. The number of nitrogens with zero attached hydrogens (tertiary/aromatic N) is 1. The molecular weight excluding hydrogens is 345 g/mol. The van der Waals surface area contributed by atoms with Gasteiger partial charge in [-0.3, -0.25) is 4.90 Å². The van der Waals surface area contributed by atoms with Crippen LogP contribution in [0.2, 0.25) is 0 Å². The number of rotatable bonds is 6. The third kappa shape index (κ3) is 4.81. The number of aliphatic hydroxyl groups excluding tert-OH is 2. The molecule has 0 amide bonds. The minimum Gasteiger partial charge on any atom is -0.388 e. The topological polar surface area (TPSA) is 63.9 Å². The van der Waals surface area contributed by atoms with Crippen LogP contribution in [0.5, 0.6) is 0 Å². The Morgan fingerprint density at radius 3 is 2.39 bits per heavy atom. The van der Waals surface area contributed by atoms with Crippen molar-refractivity contribution in [1.82, 2.24) is 4.90 Å². The molecule has 0 radical (unpaired) electrons. The van der Waals surface area contributed by atoms with Crippen molar-refractivity contribution in [2.45, 2.75) is 25.9 Å². The normalized spacial score (nSPS) is 15.1. The fraction of sp³-hybridized carbons (Fsp3) is 0.538. The van der Waals surface area contributed by atoms with Crippen molar-refractivity contribution in [3.63, 3.8) is 0 Å². The van der Waals surface area contributed by atoms with Crippen LogP contribution in [0.3, 0.4) is 0 Å². The summed E-state index contributed by atoms with van der Waals surface area (Å²) in [6.07, 6.45) is -1.37. The van der Waals surface area contributed by atoms with Gasteiger partial charge in [-0.1, -0.05) is 25.1 Å². The molecule has 1 aromatic carbocycles. The first-order valence-corrected chi connectivity index (χ1v) is 6.98. The molecule has 2 atom stereocenters. The second-order valence-electron chi connectivity index (χ2n) is 4.66. The molecule has 5 heteroatoms. The van der Waals surface area contributed by atoms with Crippen LogP contribution in [0.15, 0.2) is 24.3 Å². The van der Waals surface area contributed by atoms with Crippen molar-refractivity contribution >= 4 is 22.6 Å².